The zero-order valence-electron chi connectivity index (χ0n) is 14.7. The number of carbonyl (C=O) groups is 3. The third-order valence-corrected chi connectivity index (χ3v) is 4.25. The van der Waals surface area contributed by atoms with Gasteiger partial charge in [0, 0.05) is 19.2 Å². The average Bonchev–Trinajstić information content (AvgIpc) is 2.89. The standard InChI is InChI=1S/C19H18N2O5/c1-21-18(23)13-6-5-12(9-14(13)19(21)24)17(22)20-10-11-4-7-15(25-2)16(8-11)26-3/h4-9H,10H2,1-3H3,(H,20,22). The molecule has 3 amide bonds. The molecule has 26 heavy (non-hydrogen) atoms. The van der Waals surface area contributed by atoms with Gasteiger partial charge in [-0.25, -0.2) is 0 Å². The molecule has 134 valence electrons. The number of imide groups is 1. The van der Waals surface area contributed by atoms with Gasteiger partial charge in [-0.3, -0.25) is 19.3 Å². The molecule has 7 nitrogen and oxygen atoms in total. The predicted molar refractivity (Wildman–Crippen MR) is 93.6 cm³/mol. The molecule has 0 atom stereocenters. The molecular formula is C19H18N2O5. The molecule has 0 unspecified atom stereocenters. The summed E-state index contributed by atoms with van der Waals surface area (Å²) in [6.45, 7) is 0.281. The van der Waals surface area contributed by atoms with E-state index in [1.54, 1.807) is 26.4 Å². The molecular weight excluding hydrogens is 336 g/mol. The predicted octanol–water partition coefficient (Wildman–Crippen LogP) is 1.86. The Bertz CT molecular complexity index is 907. The Labute approximate surface area is 150 Å². The number of hydrogen-bond donors (Lipinski definition) is 1. The second-order valence-electron chi connectivity index (χ2n) is 5.80. The topological polar surface area (TPSA) is 84.9 Å². The first-order valence-electron chi connectivity index (χ1n) is 7.91. The quantitative estimate of drug-likeness (QED) is 0.829. The van der Waals surface area contributed by atoms with Crippen LogP contribution in [0.25, 0.3) is 0 Å². The second kappa shape index (κ2) is 6.87. The van der Waals surface area contributed by atoms with Gasteiger partial charge in [0.15, 0.2) is 11.5 Å². The van der Waals surface area contributed by atoms with Gasteiger partial charge in [0.05, 0.1) is 25.3 Å². The summed E-state index contributed by atoms with van der Waals surface area (Å²) >= 11 is 0. The van der Waals surface area contributed by atoms with Crippen molar-refractivity contribution in [2.45, 2.75) is 6.54 Å². The summed E-state index contributed by atoms with van der Waals surface area (Å²) in [5, 5.41) is 2.79. The summed E-state index contributed by atoms with van der Waals surface area (Å²) < 4.78 is 10.4. The molecule has 0 aliphatic carbocycles. The number of carbonyl (C=O) groups excluding carboxylic acids is 3. The SMILES string of the molecule is COc1ccc(CNC(=O)c2ccc3c(c2)C(=O)N(C)C3=O)cc1OC. The van der Waals surface area contributed by atoms with E-state index in [2.05, 4.69) is 5.32 Å². The van der Waals surface area contributed by atoms with Crippen LogP contribution in [0.15, 0.2) is 36.4 Å². The van der Waals surface area contributed by atoms with Crippen molar-refractivity contribution in [2.24, 2.45) is 0 Å². The Balaban J connectivity index is 1.74. The zero-order chi connectivity index (χ0) is 18.8. The Morgan fingerprint density at radius 3 is 2.35 bits per heavy atom. The Kier molecular flexibility index (Phi) is 4.62. The Morgan fingerprint density at radius 1 is 0.962 bits per heavy atom. The molecule has 2 aromatic rings. The van der Waals surface area contributed by atoms with Crippen LogP contribution in [0.1, 0.15) is 36.6 Å². The van der Waals surface area contributed by atoms with E-state index in [1.807, 2.05) is 6.07 Å². The van der Waals surface area contributed by atoms with E-state index in [1.165, 1.54) is 25.2 Å². The summed E-state index contributed by atoms with van der Waals surface area (Å²) in [5.74, 6) is 0.0802. The van der Waals surface area contributed by atoms with Crippen molar-refractivity contribution in [1.82, 2.24) is 10.2 Å². The highest BCUT2D eigenvalue weighted by atomic mass is 16.5. The maximum atomic E-state index is 12.4. The molecule has 0 spiro atoms. The highest BCUT2D eigenvalue weighted by Gasteiger charge is 2.33. The first-order valence-corrected chi connectivity index (χ1v) is 7.91. The molecule has 0 aromatic heterocycles. The maximum Gasteiger partial charge on any atom is 0.261 e. The van der Waals surface area contributed by atoms with E-state index in [9.17, 15) is 14.4 Å². The van der Waals surface area contributed by atoms with Crippen LogP contribution >= 0.6 is 0 Å². The maximum absolute atomic E-state index is 12.4. The van der Waals surface area contributed by atoms with Crippen LogP contribution in [0.2, 0.25) is 0 Å². The van der Waals surface area contributed by atoms with Crippen molar-refractivity contribution in [3.63, 3.8) is 0 Å². The van der Waals surface area contributed by atoms with Gasteiger partial charge in [0.1, 0.15) is 0 Å². The van der Waals surface area contributed by atoms with Crippen LogP contribution in [0.4, 0.5) is 0 Å². The van der Waals surface area contributed by atoms with Crippen LogP contribution < -0.4 is 14.8 Å². The Hall–Kier alpha value is -3.35. The zero-order valence-corrected chi connectivity index (χ0v) is 14.7. The third-order valence-electron chi connectivity index (χ3n) is 4.25. The lowest BCUT2D eigenvalue weighted by atomic mass is 10.1. The van der Waals surface area contributed by atoms with Crippen molar-refractivity contribution in [3.05, 3.63) is 58.7 Å². The number of benzene rings is 2. The molecule has 0 saturated heterocycles. The molecule has 0 saturated carbocycles. The van der Waals surface area contributed by atoms with E-state index in [4.69, 9.17) is 9.47 Å². The first-order chi connectivity index (χ1) is 12.5. The van der Waals surface area contributed by atoms with Gasteiger partial charge in [-0.05, 0) is 35.9 Å². The number of hydrogen-bond acceptors (Lipinski definition) is 5. The van der Waals surface area contributed by atoms with Crippen molar-refractivity contribution in [1.29, 1.82) is 0 Å². The van der Waals surface area contributed by atoms with Gasteiger partial charge in [-0.1, -0.05) is 6.07 Å². The van der Waals surface area contributed by atoms with Gasteiger partial charge in [-0.15, -0.1) is 0 Å². The van der Waals surface area contributed by atoms with Crippen LogP contribution in [0.5, 0.6) is 11.5 Å². The van der Waals surface area contributed by atoms with E-state index >= 15 is 0 Å². The number of ether oxygens (including phenoxy) is 2. The fraction of sp³-hybridized carbons (Fsp3) is 0.211. The Morgan fingerprint density at radius 2 is 1.65 bits per heavy atom. The largest absolute Gasteiger partial charge is 0.493 e. The van der Waals surface area contributed by atoms with Crippen molar-refractivity contribution >= 4 is 17.7 Å². The second-order valence-corrected chi connectivity index (χ2v) is 5.80. The first kappa shape index (κ1) is 17.5. The lowest BCUT2D eigenvalue weighted by molar-refractivity contribution is 0.0693. The van der Waals surface area contributed by atoms with Crippen LogP contribution in [0.3, 0.4) is 0 Å². The normalized spacial score (nSPS) is 12.8. The summed E-state index contributed by atoms with van der Waals surface area (Å²) in [6.07, 6.45) is 0. The van der Waals surface area contributed by atoms with Crippen molar-refractivity contribution in [3.8, 4) is 11.5 Å². The molecule has 7 heteroatoms. The number of rotatable bonds is 5. The molecule has 3 rings (SSSR count). The molecule has 1 N–H and O–H groups in total. The fourth-order valence-electron chi connectivity index (χ4n) is 2.78. The van der Waals surface area contributed by atoms with E-state index in [0.717, 1.165) is 10.5 Å². The molecule has 0 bridgehead atoms. The molecule has 1 heterocycles. The van der Waals surface area contributed by atoms with Gasteiger partial charge in [-0.2, -0.15) is 0 Å². The molecule has 1 aliphatic rings. The highest BCUT2D eigenvalue weighted by molar-refractivity contribution is 6.21. The van der Waals surface area contributed by atoms with Crippen molar-refractivity contribution in [2.75, 3.05) is 21.3 Å². The summed E-state index contributed by atoms with van der Waals surface area (Å²) in [6, 6.07) is 9.84. The lowest BCUT2D eigenvalue weighted by Gasteiger charge is -2.10. The van der Waals surface area contributed by atoms with Gasteiger partial charge in [0.2, 0.25) is 0 Å². The number of fused-ring (bicyclic) bond motifs is 1. The fourth-order valence-corrected chi connectivity index (χ4v) is 2.78. The van der Waals surface area contributed by atoms with E-state index in [-0.39, 0.29) is 23.9 Å². The molecule has 0 fully saturated rings. The average molecular weight is 354 g/mol. The minimum absolute atomic E-state index is 0.247. The summed E-state index contributed by atoms with van der Waals surface area (Å²) in [7, 11) is 4.51. The van der Waals surface area contributed by atoms with Crippen LogP contribution in [-0.2, 0) is 6.54 Å². The summed E-state index contributed by atoms with van der Waals surface area (Å²) in [4.78, 5) is 37.4. The van der Waals surface area contributed by atoms with Crippen molar-refractivity contribution < 1.29 is 23.9 Å². The number of nitrogens with zero attached hydrogens (tertiary/aromatic N) is 1. The van der Waals surface area contributed by atoms with Gasteiger partial charge < -0.3 is 14.8 Å². The molecule has 2 aromatic carbocycles. The minimum Gasteiger partial charge on any atom is -0.493 e. The number of nitrogens with one attached hydrogen (secondary N) is 1. The summed E-state index contributed by atoms with van der Waals surface area (Å²) in [5.41, 5.74) is 1.72. The minimum atomic E-state index is -0.403. The van der Waals surface area contributed by atoms with Crippen LogP contribution in [-0.4, -0.2) is 43.9 Å². The van der Waals surface area contributed by atoms with Crippen LogP contribution in [0, 0.1) is 0 Å². The number of methoxy groups -OCH3 is 2. The van der Waals surface area contributed by atoms with E-state index < -0.39 is 5.91 Å². The molecule has 1 aliphatic heterocycles. The molecule has 0 radical (unpaired) electrons. The smallest absolute Gasteiger partial charge is 0.261 e. The highest BCUT2D eigenvalue weighted by Crippen LogP contribution is 2.27. The van der Waals surface area contributed by atoms with E-state index in [0.29, 0.717) is 22.6 Å². The third kappa shape index (κ3) is 2.99. The number of amides is 3. The monoisotopic (exact) mass is 354 g/mol. The lowest BCUT2D eigenvalue weighted by Crippen LogP contribution is -2.24. The van der Waals surface area contributed by atoms with Gasteiger partial charge in [0.25, 0.3) is 17.7 Å². The van der Waals surface area contributed by atoms with Gasteiger partial charge >= 0.3 is 0 Å².